The lowest BCUT2D eigenvalue weighted by atomic mass is 10.2. The number of rotatable bonds is 4. The van der Waals surface area contributed by atoms with E-state index in [1.165, 1.54) is 6.08 Å². The highest BCUT2D eigenvalue weighted by molar-refractivity contribution is 6.30. The van der Waals surface area contributed by atoms with Crippen LogP contribution in [0.25, 0.3) is 0 Å². The number of aromatic carboxylic acids is 1. The standard InChI is InChI=1S/C10H8ClFN2O4/c1-2-3-18-10(17)14-7-5(9(15)16)4-13-8(11)6(7)12/h2,4H,1,3H2,(H,15,16)(H,13,14,17). The summed E-state index contributed by atoms with van der Waals surface area (Å²) in [5, 5.41) is 10.2. The van der Waals surface area contributed by atoms with E-state index in [1.807, 2.05) is 5.32 Å². The van der Waals surface area contributed by atoms with Crippen LogP contribution in [-0.4, -0.2) is 28.8 Å². The molecule has 0 saturated heterocycles. The third-order valence-corrected chi connectivity index (χ3v) is 2.03. The topological polar surface area (TPSA) is 88.5 Å². The Morgan fingerprint density at radius 3 is 2.89 bits per heavy atom. The molecule has 1 aromatic heterocycles. The van der Waals surface area contributed by atoms with E-state index < -0.39 is 34.3 Å². The molecule has 96 valence electrons. The number of ether oxygens (including phenoxy) is 1. The molecule has 0 spiro atoms. The van der Waals surface area contributed by atoms with Crippen LogP contribution in [0.1, 0.15) is 10.4 Å². The van der Waals surface area contributed by atoms with Gasteiger partial charge in [-0.2, -0.15) is 0 Å². The second kappa shape index (κ2) is 5.97. The van der Waals surface area contributed by atoms with E-state index >= 15 is 0 Å². The van der Waals surface area contributed by atoms with Crippen molar-refractivity contribution in [1.29, 1.82) is 0 Å². The number of nitrogens with zero attached hydrogens (tertiary/aromatic N) is 1. The first-order valence-electron chi connectivity index (χ1n) is 4.59. The van der Waals surface area contributed by atoms with E-state index in [1.54, 1.807) is 0 Å². The fourth-order valence-corrected chi connectivity index (χ4v) is 1.16. The van der Waals surface area contributed by atoms with Crippen LogP contribution in [-0.2, 0) is 4.74 Å². The van der Waals surface area contributed by atoms with Gasteiger partial charge in [-0.3, -0.25) is 5.32 Å². The highest BCUT2D eigenvalue weighted by Gasteiger charge is 2.20. The van der Waals surface area contributed by atoms with Crippen molar-refractivity contribution in [3.05, 3.63) is 35.4 Å². The van der Waals surface area contributed by atoms with Crippen LogP contribution in [0.2, 0.25) is 5.15 Å². The van der Waals surface area contributed by atoms with Gasteiger partial charge in [0.1, 0.15) is 12.2 Å². The van der Waals surface area contributed by atoms with Crippen molar-refractivity contribution in [3.8, 4) is 0 Å². The lowest BCUT2D eigenvalue weighted by Gasteiger charge is -2.09. The maximum atomic E-state index is 13.6. The summed E-state index contributed by atoms with van der Waals surface area (Å²) in [6.45, 7) is 3.21. The van der Waals surface area contributed by atoms with Crippen molar-refractivity contribution >= 4 is 29.4 Å². The molecule has 1 amide bonds. The molecule has 1 aromatic rings. The van der Waals surface area contributed by atoms with Crippen LogP contribution in [0, 0.1) is 5.82 Å². The maximum absolute atomic E-state index is 13.6. The van der Waals surface area contributed by atoms with Crippen molar-refractivity contribution < 1.29 is 23.8 Å². The summed E-state index contributed by atoms with van der Waals surface area (Å²) >= 11 is 5.39. The van der Waals surface area contributed by atoms with Gasteiger partial charge < -0.3 is 9.84 Å². The quantitative estimate of drug-likeness (QED) is 0.650. The van der Waals surface area contributed by atoms with Crippen LogP contribution in [0.5, 0.6) is 0 Å². The Hall–Kier alpha value is -2.15. The summed E-state index contributed by atoms with van der Waals surface area (Å²) in [5.41, 5.74) is -1.14. The summed E-state index contributed by atoms with van der Waals surface area (Å²) in [6.07, 6.45) is 1.10. The highest BCUT2D eigenvalue weighted by Crippen LogP contribution is 2.24. The van der Waals surface area contributed by atoms with Crippen LogP contribution in [0.3, 0.4) is 0 Å². The average Bonchev–Trinajstić information content (AvgIpc) is 2.32. The molecule has 0 fully saturated rings. The molecular weight excluding hydrogens is 267 g/mol. The van der Waals surface area contributed by atoms with Crippen molar-refractivity contribution in [2.75, 3.05) is 11.9 Å². The fourth-order valence-electron chi connectivity index (χ4n) is 1.02. The Morgan fingerprint density at radius 2 is 2.33 bits per heavy atom. The minimum Gasteiger partial charge on any atom is -0.478 e. The lowest BCUT2D eigenvalue weighted by Crippen LogP contribution is -2.18. The number of nitrogens with one attached hydrogen (secondary N) is 1. The zero-order chi connectivity index (χ0) is 13.7. The van der Waals surface area contributed by atoms with Crippen molar-refractivity contribution in [3.63, 3.8) is 0 Å². The summed E-state index contributed by atoms with van der Waals surface area (Å²) < 4.78 is 18.1. The molecule has 0 aliphatic carbocycles. The number of anilines is 1. The Labute approximate surface area is 106 Å². The number of carbonyl (C=O) groups is 2. The maximum Gasteiger partial charge on any atom is 0.412 e. The highest BCUT2D eigenvalue weighted by atomic mass is 35.5. The third kappa shape index (κ3) is 3.17. The molecule has 0 saturated carbocycles. The monoisotopic (exact) mass is 274 g/mol. The van der Waals surface area contributed by atoms with Gasteiger partial charge in [-0.25, -0.2) is 19.0 Å². The number of hydrogen-bond donors (Lipinski definition) is 2. The lowest BCUT2D eigenvalue weighted by molar-refractivity contribution is 0.0697. The number of carboxylic acid groups (broad SMARTS) is 1. The van der Waals surface area contributed by atoms with Gasteiger partial charge in [-0.15, -0.1) is 0 Å². The number of hydrogen-bond acceptors (Lipinski definition) is 4. The molecule has 1 rings (SSSR count). The molecule has 18 heavy (non-hydrogen) atoms. The Balaban J connectivity index is 3.05. The first-order valence-corrected chi connectivity index (χ1v) is 4.97. The van der Waals surface area contributed by atoms with Crippen LogP contribution >= 0.6 is 11.6 Å². The second-order valence-corrected chi connectivity index (χ2v) is 3.33. The molecule has 0 bridgehead atoms. The SMILES string of the molecule is C=CCOC(=O)Nc1c(C(=O)O)cnc(Cl)c1F. The van der Waals surface area contributed by atoms with Gasteiger partial charge in [0.05, 0.1) is 5.69 Å². The van der Waals surface area contributed by atoms with E-state index in [4.69, 9.17) is 16.7 Å². The average molecular weight is 275 g/mol. The number of aromatic nitrogens is 1. The molecule has 8 heteroatoms. The zero-order valence-electron chi connectivity index (χ0n) is 8.94. The largest absolute Gasteiger partial charge is 0.478 e. The van der Waals surface area contributed by atoms with Gasteiger partial charge in [-0.1, -0.05) is 24.3 Å². The van der Waals surface area contributed by atoms with E-state index in [0.29, 0.717) is 0 Å². The molecule has 1 heterocycles. The molecule has 0 aliphatic heterocycles. The predicted octanol–water partition coefficient (Wildman–Crippen LogP) is 2.31. The molecule has 0 atom stereocenters. The van der Waals surface area contributed by atoms with Crippen molar-refractivity contribution in [2.45, 2.75) is 0 Å². The molecule has 0 unspecified atom stereocenters. The normalized spacial score (nSPS) is 9.67. The molecule has 6 nitrogen and oxygen atoms in total. The Morgan fingerprint density at radius 1 is 1.67 bits per heavy atom. The van der Waals surface area contributed by atoms with E-state index in [2.05, 4.69) is 16.3 Å². The zero-order valence-corrected chi connectivity index (χ0v) is 9.70. The first-order chi connectivity index (χ1) is 8.47. The van der Waals surface area contributed by atoms with E-state index in [0.717, 1.165) is 6.20 Å². The number of pyridine rings is 1. The molecule has 0 radical (unpaired) electrons. The minimum atomic E-state index is -1.46. The Kier molecular flexibility index (Phi) is 4.61. The van der Waals surface area contributed by atoms with E-state index in [9.17, 15) is 14.0 Å². The molecule has 2 N–H and O–H groups in total. The summed E-state index contributed by atoms with van der Waals surface area (Å²) in [6, 6.07) is 0. The predicted molar refractivity (Wildman–Crippen MR) is 61.3 cm³/mol. The van der Waals surface area contributed by atoms with Gasteiger partial charge in [0.25, 0.3) is 0 Å². The van der Waals surface area contributed by atoms with Gasteiger partial charge in [0.15, 0.2) is 11.0 Å². The minimum absolute atomic E-state index is 0.103. The first kappa shape index (κ1) is 13.9. The van der Waals surface area contributed by atoms with Gasteiger partial charge in [0.2, 0.25) is 0 Å². The summed E-state index contributed by atoms with van der Waals surface area (Å²) in [7, 11) is 0. The smallest absolute Gasteiger partial charge is 0.412 e. The van der Waals surface area contributed by atoms with Crippen LogP contribution < -0.4 is 5.32 Å². The van der Waals surface area contributed by atoms with Crippen molar-refractivity contribution in [1.82, 2.24) is 4.98 Å². The summed E-state index contributed by atoms with van der Waals surface area (Å²) in [4.78, 5) is 25.4. The third-order valence-electron chi connectivity index (χ3n) is 1.77. The van der Waals surface area contributed by atoms with Gasteiger partial charge >= 0.3 is 12.1 Å². The molecule has 0 aliphatic rings. The number of carboxylic acids is 1. The molecular formula is C10H8ClFN2O4. The number of carbonyl (C=O) groups excluding carboxylic acids is 1. The van der Waals surface area contributed by atoms with Crippen LogP contribution in [0.4, 0.5) is 14.9 Å². The second-order valence-electron chi connectivity index (χ2n) is 2.97. The van der Waals surface area contributed by atoms with Crippen molar-refractivity contribution in [2.24, 2.45) is 0 Å². The van der Waals surface area contributed by atoms with Crippen LogP contribution in [0.15, 0.2) is 18.9 Å². The van der Waals surface area contributed by atoms with Gasteiger partial charge in [-0.05, 0) is 0 Å². The fraction of sp³-hybridized carbons (Fsp3) is 0.100. The molecule has 0 aromatic carbocycles. The number of amides is 1. The number of halogens is 2. The summed E-state index contributed by atoms with van der Waals surface area (Å²) in [5.74, 6) is -2.61. The van der Waals surface area contributed by atoms with Gasteiger partial charge in [0, 0.05) is 6.20 Å². The van der Waals surface area contributed by atoms with E-state index in [-0.39, 0.29) is 6.61 Å². The Bertz CT molecular complexity index is 507.